The molecule has 0 aliphatic carbocycles. The van der Waals surface area contributed by atoms with Gasteiger partial charge < -0.3 is 16.2 Å². The molecule has 0 aromatic rings. The van der Waals surface area contributed by atoms with E-state index in [1.165, 1.54) is 13.8 Å². The molecule has 0 spiro atoms. The second kappa shape index (κ2) is 11.6. The van der Waals surface area contributed by atoms with Gasteiger partial charge in [0.15, 0.2) is 5.12 Å². The fourth-order valence-electron chi connectivity index (χ4n) is 1.83. The molecule has 0 saturated carbocycles. The minimum atomic E-state index is -1.07. The summed E-state index contributed by atoms with van der Waals surface area (Å²) >= 11 is 0.748. The molecule has 1 atom stereocenters. The fourth-order valence-corrected chi connectivity index (χ4v) is 2.62. The number of carboxylic acids is 1. The molecule has 136 valence electrons. The summed E-state index contributed by atoms with van der Waals surface area (Å²) in [7, 11) is 0. The summed E-state index contributed by atoms with van der Waals surface area (Å²) in [5.41, 5.74) is 5.10. The third-order valence-corrected chi connectivity index (χ3v) is 4.04. The van der Waals surface area contributed by atoms with Crippen molar-refractivity contribution in [1.29, 1.82) is 0 Å². The zero-order valence-corrected chi connectivity index (χ0v) is 14.6. The molecule has 0 aromatic carbocycles. The number of rotatable bonds is 10. The lowest BCUT2D eigenvalue weighted by atomic mass is 10.2. The van der Waals surface area contributed by atoms with Crippen molar-refractivity contribution in [2.75, 3.05) is 19.6 Å². The van der Waals surface area contributed by atoms with E-state index in [0.29, 0.717) is 12.8 Å². The third-order valence-electron chi connectivity index (χ3n) is 2.99. The number of carbonyl (C=O) groups is 5. The average molecular weight is 361 g/mol. The second-order valence-corrected chi connectivity index (χ2v) is 6.36. The molecule has 0 aromatic heterocycles. The Morgan fingerprint density at radius 2 is 1.79 bits per heavy atom. The lowest BCUT2D eigenvalue weighted by Gasteiger charge is -2.19. The van der Waals surface area contributed by atoms with E-state index in [9.17, 15) is 24.0 Å². The van der Waals surface area contributed by atoms with E-state index >= 15 is 0 Å². The standard InChI is InChI=1S/C14H23N3O6S/c1-9(18)17(13(21)8-16-12(20)7-15)6-4-3-5-11(14(22)23)24-10(2)19/h11H,3-8,15H2,1-2H3,(H,16,20)(H,22,23)/t11-/m0/s1. The van der Waals surface area contributed by atoms with Crippen molar-refractivity contribution >= 4 is 40.6 Å². The van der Waals surface area contributed by atoms with E-state index in [1.807, 2.05) is 0 Å². The van der Waals surface area contributed by atoms with Gasteiger partial charge in [-0.15, -0.1) is 0 Å². The van der Waals surface area contributed by atoms with Crippen molar-refractivity contribution in [3.8, 4) is 0 Å². The highest BCUT2D eigenvalue weighted by molar-refractivity contribution is 8.14. The normalized spacial score (nSPS) is 11.5. The van der Waals surface area contributed by atoms with Crippen molar-refractivity contribution < 1.29 is 29.1 Å². The van der Waals surface area contributed by atoms with Gasteiger partial charge in [0.2, 0.25) is 17.7 Å². The molecule has 0 fully saturated rings. The molecule has 0 bridgehead atoms. The predicted octanol–water partition coefficient (Wildman–Crippen LogP) is -0.660. The van der Waals surface area contributed by atoms with Crippen molar-refractivity contribution in [2.24, 2.45) is 5.73 Å². The molecule has 0 radical (unpaired) electrons. The number of nitrogens with one attached hydrogen (secondary N) is 1. The van der Waals surface area contributed by atoms with Crippen LogP contribution in [0, 0.1) is 0 Å². The van der Waals surface area contributed by atoms with Crippen LogP contribution < -0.4 is 11.1 Å². The first kappa shape index (κ1) is 22.1. The Balaban J connectivity index is 4.37. The van der Waals surface area contributed by atoms with Crippen LogP contribution in [0.25, 0.3) is 0 Å². The molecule has 24 heavy (non-hydrogen) atoms. The average Bonchev–Trinajstić information content (AvgIpc) is 2.49. The second-order valence-electron chi connectivity index (χ2n) is 4.98. The number of imide groups is 1. The molecule has 0 aliphatic rings. The van der Waals surface area contributed by atoms with Gasteiger partial charge in [-0.1, -0.05) is 11.8 Å². The zero-order valence-electron chi connectivity index (χ0n) is 13.7. The highest BCUT2D eigenvalue weighted by Gasteiger charge is 2.21. The topological polar surface area (TPSA) is 147 Å². The molecule has 10 heteroatoms. The van der Waals surface area contributed by atoms with E-state index in [1.54, 1.807) is 0 Å². The number of unbranched alkanes of at least 4 members (excludes halogenated alkanes) is 1. The van der Waals surface area contributed by atoms with Crippen LogP contribution >= 0.6 is 11.8 Å². The molecule has 4 N–H and O–H groups in total. The van der Waals surface area contributed by atoms with E-state index in [2.05, 4.69) is 5.32 Å². The molecule has 0 aliphatic heterocycles. The Morgan fingerprint density at radius 3 is 2.25 bits per heavy atom. The van der Waals surface area contributed by atoms with Gasteiger partial charge in [-0.25, -0.2) is 0 Å². The smallest absolute Gasteiger partial charge is 0.317 e. The van der Waals surface area contributed by atoms with Crippen LogP contribution in [-0.4, -0.2) is 63.7 Å². The number of carboxylic acid groups (broad SMARTS) is 1. The Hall–Kier alpha value is -1.94. The maximum Gasteiger partial charge on any atom is 0.317 e. The van der Waals surface area contributed by atoms with Gasteiger partial charge in [0.05, 0.1) is 13.1 Å². The van der Waals surface area contributed by atoms with Crippen LogP contribution in [-0.2, 0) is 24.0 Å². The number of aliphatic carboxylic acids is 1. The summed E-state index contributed by atoms with van der Waals surface area (Å²) in [5.74, 6) is -2.59. The van der Waals surface area contributed by atoms with Crippen molar-refractivity contribution in [1.82, 2.24) is 10.2 Å². The number of hydrogen-bond donors (Lipinski definition) is 3. The first-order chi connectivity index (χ1) is 11.2. The molecule has 0 rings (SSSR count). The Kier molecular flexibility index (Phi) is 10.6. The van der Waals surface area contributed by atoms with Crippen LogP contribution in [0.15, 0.2) is 0 Å². The van der Waals surface area contributed by atoms with Crippen LogP contribution in [0.1, 0.15) is 33.1 Å². The monoisotopic (exact) mass is 361 g/mol. The quantitative estimate of drug-likeness (QED) is 0.434. The Morgan fingerprint density at radius 1 is 1.17 bits per heavy atom. The van der Waals surface area contributed by atoms with E-state index in [0.717, 1.165) is 16.7 Å². The minimum absolute atomic E-state index is 0.115. The van der Waals surface area contributed by atoms with Gasteiger partial charge in [0.1, 0.15) is 5.25 Å². The van der Waals surface area contributed by atoms with E-state index in [4.69, 9.17) is 10.8 Å². The largest absolute Gasteiger partial charge is 0.480 e. The van der Waals surface area contributed by atoms with Gasteiger partial charge in [0.25, 0.3) is 0 Å². The third kappa shape index (κ3) is 9.26. The first-order valence-electron chi connectivity index (χ1n) is 7.36. The summed E-state index contributed by atoms with van der Waals surface area (Å²) in [6.45, 7) is 2.07. The van der Waals surface area contributed by atoms with Crippen molar-refractivity contribution in [2.45, 2.75) is 38.4 Å². The molecule has 0 saturated heterocycles. The maximum atomic E-state index is 11.9. The van der Waals surface area contributed by atoms with Gasteiger partial charge in [-0.2, -0.15) is 0 Å². The van der Waals surface area contributed by atoms with Gasteiger partial charge >= 0.3 is 5.97 Å². The number of nitrogens with zero attached hydrogens (tertiary/aromatic N) is 1. The molecular weight excluding hydrogens is 338 g/mol. The molecule has 0 heterocycles. The lowest BCUT2D eigenvalue weighted by Crippen LogP contribution is -2.44. The van der Waals surface area contributed by atoms with Crippen molar-refractivity contribution in [3.63, 3.8) is 0 Å². The summed E-state index contributed by atoms with van der Waals surface area (Å²) in [4.78, 5) is 57.4. The van der Waals surface area contributed by atoms with Crippen LogP contribution in [0.2, 0.25) is 0 Å². The number of carbonyl (C=O) groups excluding carboxylic acids is 4. The predicted molar refractivity (Wildman–Crippen MR) is 88.0 cm³/mol. The number of hydrogen-bond acceptors (Lipinski definition) is 7. The number of amides is 3. The van der Waals surface area contributed by atoms with E-state index < -0.39 is 28.9 Å². The molecule has 0 unspecified atom stereocenters. The highest BCUT2D eigenvalue weighted by atomic mass is 32.2. The van der Waals surface area contributed by atoms with Crippen LogP contribution in [0.3, 0.4) is 0 Å². The summed E-state index contributed by atoms with van der Waals surface area (Å²) in [5, 5.41) is 10.2. The lowest BCUT2D eigenvalue weighted by molar-refractivity contribution is -0.144. The Bertz CT molecular complexity index is 497. The van der Waals surface area contributed by atoms with Gasteiger partial charge in [0, 0.05) is 20.4 Å². The summed E-state index contributed by atoms with van der Waals surface area (Å²) in [6, 6.07) is 0. The Labute approximate surface area is 144 Å². The molecule has 9 nitrogen and oxygen atoms in total. The van der Waals surface area contributed by atoms with E-state index in [-0.39, 0.29) is 31.2 Å². The van der Waals surface area contributed by atoms with Gasteiger partial charge in [-0.05, 0) is 19.3 Å². The van der Waals surface area contributed by atoms with Crippen LogP contribution in [0.5, 0.6) is 0 Å². The summed E-state index contributed by atoms with van der Waals surface area (Å²) < 4.78 is 0. The highest BCUT2D eigenvalue weighted by Crippen LogP contribution is 2.18. The van der Waals surface area contributed by atoms with Crippen LogP contribution in [0.4, 0.5) is 0 Å². The zero-order chi connectivity index (χ0) is 18.7. The fraction of sp³-hybridized carbons (Fsp3) is 0.643. The SMILES string of the molecule is CC(=O)S[C@@H](CCCCN(C(C)=O)C(=O)CNC(=O)CN)C(=O)O. The number of nitrogens with two attached hydrogens (primary N) is 1. The van der Waals surface area contributed by atoms with Crippen molar-refractivity contribution in [3.05, 3.63) is 0 Å². The maximum absolute atomic E-state index is 11.9. The molecular formula is C14H23N3O6S. The van der Waals surface area contributed by atoms with Gasteiger partial charge in [-0.3, -0.25) is 28.9 Å². The number of thioether (sulfide) groups is 1. The minimum Gasteiger partial charge on any atom is -0.480 e. The first-order valence-corrected chi connectivity index (χ1v) is 8.24. The molecule has 3 amide bonds. The summed E-state index contributed by atoms with van der Waals surface area (Å²) in [6.07, 6.45) is 1.09.